The van der Waals surface area contributed by atoms with Crippen LogP contribution in [0.15, 0.2) is 24.3 Å². The largest absolute Gasteiger partial charge is 0.356 e. The van der Waals surface area contributed by atoms with E-state index in [0.29, 0.717) is 17.9 Å². The number of nitrogens with one attached hydrogen (secondary N) is 2. The topological polar surface area (TPSA) is 95.6 Å². The van der Waals surface area contributed by atoms with Crippen molar-refractivity contribution < 1.29 is 41.1 Å². The number of hydrogen-bond acceptors (Lipinski definition) is 4. The predicted octanol–water partition coefficient (Wildman–Crippen LogP) is 3.00. The molecular weight excluding hydrogens is 525 g/mol. The summed E-state index contributed by atoms with van der Waals surface area (Å²) in [7, 11) is 0. The molecule has 2 bridgehead atoms. The molecular formula is C24H25ClF5N3O4. The number of carbonyl (C=O) groups excluding carboxylic acids is 4. The second-order valence-corrected chi connectivity index (χ2v) is 10.2. The van der Waals surface area contributed by atoms with Crippen molar-refractivity contribution in [3.63, 3.8) is 0 Å². The van der Waals surface area contributed by atoms with Crippen molar-refractivity contribution in [2.24, 2.45) is 11.8 Å². The first-order chi connectivity index (χ1) is 17.4. The van der Waals surface area contributed by atoms with E-state index in [2.05, 4.69) is 10.6 Å². The molecule has 5 atom stereocenters. The van der Waals surface area contributed by atoms with Crippen LogP contribution < -0.4 is 10.6 Å². The van der Waals surface area contributed by atoms with E-state index in [0.717, 1.165) is 12.1 Å². The quantitative estimate of drug-likeness (QED) is 0.488. The summed E-state index contributed by atoms with van der Waals surface area (Å²) >= 11 is 5.79. The molecule has 1 aliphatic carbocycles. The minimum atomic E-state index is -4.19. The van der Waals surface area contributed by atoms with E-state index in [1.165, 1.54) is 12.1 Å². The van der Waals surface area contributed by atoms with E-state index in [9.17, 15) is 32.3 Å². The summed E-state index contributed by atoms with van der Waals surface area (Å²) in [6, 6.07) is -0.585. The number of alkyl halides is 5. The monoisotopic (exact) mass is 549 g/mol. The Balaban J connectivity index is 1.64. The molecule has 0 spiro atoms. The smallest absolute Gasteiger partial charge is 0.350 e. The van der Waals surface area contributed by atoms with Crippen molar-refractivity contribution in [3.8, 4) is 0 Å². The molecule has 0 aromatic heterocycles. The van der Waals surface area contributed by atoms with Crippen LogP contribution in [0.25, 0.3) is 0 Å². The van der Waals surface area contributed by atoms with Gasteiger partial charge in [-0.2, -0.15) is 8.78 Å². The highest BCUT2D eigenvalue weighted by atomic mass is 35.5. The third-order valence-corrected chi connectivity index (χ3v) is 7.65. The third-order valence-electron chi connectivity index (χ3n) is 7.41. The molecule has 3 aliphatic heterocycles. The Bertz CT molecular complexity index is 1100. The highest BCUT2D eigenvalue weighted by Gasteiger charge is 2.63. The molecule has 202 valence electrons. The number of Topliss-reactive ketones (excluding diaryl/α,β-unsaturated/α-hetero) is 1. The molecule has 0 unspecified atom stereocenters. The maximum atomic E-state index is 15.3. The molecule has 4 aliphatic rings. The maximum absolute atomic E-state index is 15.3. The summed E-state index contributed by atoms with van der Waals surface area (Å²) < 4.78 is 73.6. The molecule has 7 nitrogen and oxygen atoms in total. The minimum Gasteiger partial charge on any atom is -0.356 e. The van der Waals surface area contributed by atoms with E-state index >= 15 is 8.78 Å². The maximum Gasteiger partial charge on any atom is 0.350 e. The van der Waals surface area contributed by atoms with Crippen LogP contribution in [0.1, 0.15) is 37.7 Å². The molecule has 3 saturated heterocycles. The lowest BCUT2D eigenvalue weighted by atomic mass is 9.71. The van der Waals surface area contributed by atoms with Crippen LogP contribution in [0.4, 0.5) is 22.0 Å². The minimum absolute atomic E-state index is 0.0174. The molecule has 1 saturated carbocycles. The lowest BCUT2D eigenvalue weighted by Crippen LogP contribution is -2.70. The summed E-state index contributed by atoms with van der Waals surface area (Å²) in [6.07, 6.45) is -1.10. The van der Waals surface area contributed by atoms with Gasteiger partial charge in [0, 0.05) is 35.5 Å². The molecule has 3 amide bonds. The fraction of sp³-hybridized carbons (Fsp3) is 0.583. The first-order valence-corrected chi connectivity index (χ1v) is 12.3. The number of halogens is 6. The number of fused-ring (bicyclic) bond motifs is 3. The van der Waals surface area contributed by atoms with Gasteiger partial charge in [0.15, 0.2) is 5.78 Å². The molecule has 1 aromatic rings. The first kappa shape index (κ1) is 27.3. The number of rotatable bonds is 8. The Labute approximate surface area is 214 Å². The fourth-order valence-electron chi connectivity index (χ4n) is 5.54. The summed E-state index contributed by atoms with van der Waals surface area (Å²) in [6.45, 7) is -1.19. The lowest BCUT2D eigenvalue weighted by Gasteiger charge is -2.54. The van der Waals surface area contributed by atoms with Crippen molar-refractivity contribution in [2.75, 3.05) is 13.2 Å². The highest BCUT2D eigenvalue weighted by molar-refractivity contribution is 6.30. The number of carbonyl (C=O) groups is 4. The van der Waals surface area contributed by atoms with Crippen LogP contribution in [-0.2, 0) is 25.1 Å². The number of piperidine rings is 2. The zero-order valence-corrected chi connectivity index (χ0v) is 20.2. The first-order valence-electron chi connectivity index (χ1n) is 11.9. The van der Waals surface area contributed by atoms with Crippen molar-refractivity contribution >= 4 is 35.1 Å². The Morgan fingerprint density at radius 3 is 2.54 bits per heavy atom. The Morgan fingerprint density at radius 1 is 1.22 bits per heavy atom. The normalized spacial score (nSPS) is 27.5. The van der Waals surface area contributed by atoms with Gasteiger partial charge in [0.25, 0.3) is 11.8 Å². The number of nitrogens with zero attached hydrogens (tertiary/aromatic N) is 1. The van der Waals surface area contributed by atoms with Crippen molar-refractivity contribution in [2.45, 2.75) is 62.1 Å². The van der Waals surface area contributed by atoms with Crippen molar-refractivity contribution in [1.82, 2.24) is 15.5 Å². The summed E-state index contributed by atoms with van der Waals surface area (Å²) in [5.74, 6) is -14.7. The molecule has 37 heavy (non-hydrogen) atoms. The molecule has 4 fully saturated rings. The van der Waals surface area contributed by atoms with Crippen molar-refractivity contribution in [3.05, 3.63) is 34.9 Å². The second-order valence-electron chi connectivity index (χ2n) is 9.72. The molecule has 3 heterocycles. The summed E-state index contributed by atoms with van der Waals surface area (Å²) in [5, 5.41) is 4.65. The van der Waals surface area contributed by atoms with Gasteiger partial charge < -0.3 is 15.5 Å². The average Bonchev–Trinajstić information content (AvgIpc) is 3.25. The summed E-state index contributed by atoms with van der Waals surface area (Å²) in [5.41, 5.74) is -0.768. The Morgan fingerprint density at radius 2 is 1.95 bits per heavy atom. The van der Waals surface area contributed by atoms with Crippen LogP contribution >= 0.6 is 11.6 Å². The van der Waals surface area contributed by atoms with Crippen LogP contribution in [-0.4, -0.2) is 65.7 Å². The van der Waals surface area contributed by atoms with E-state index < -0.39 is 84.0 Å². The van der Waals surface area contributed by atoms with Gasteiger partial charge in [-0.05, 0) is 37.8 Å². The fourth-order valence-corrected chi connectivity index (χ4v) is 5.73. The van der Waals surface area contributed by atoms with Gasteiger partial charge in [0.2, 0.25) is 11.8 Å². The SMILES string of the molecule is O=C1NCC[C@@H]1C[C@H](NC(=O)[C@H]1[C@H]2CC[C@H](CC2(F)F)N1C(=O)C(F)(F)c1cccc(Cl)c1)C(=O)CF. The van der Waals surface area contributed by atoms with Gasteiger partial charge in [-0.25, -0.2) is 13.2 Å². The highest BCUT2D eigenvalue weighted by Crippen LogP contribution is 2.50. The summed E-state index contributed by atoms with van der Waals surface area (Å²) in [4.78, 5) is 51.1. The zero-order valence-electron chi connectivity index (χ0n) is 19.5. The van der Waals surface area contributed by atoms with Crippen LogP contribution in [0.3, 0.4) is 0 Å². The number of ketones is 1. The zero-order chi connectivity index (χ0) is 27.1. The van der Waals surface area contributed by atoms with E-state index in [1.54, 1.807) is 0 Å². The van der Waals surface area contributed by atoms with Crippen LogP contribution in [0.2, 0.25) is 5.02 Å². The van der Waals surface area contributed by atoms with Gasteiger partial charge in [-0.15, -0.1) is 0 Å². The number of amides is 3. The van der Waals surface area contributed by atoms with Gasteiger partial charge in [-0.1, -0.05) is 23.7 Å². The van der Waals surface area contributed by atoms with E-state index in [-0.39, 0.29) is 24.3 Å². The third kappa shape index (κ3) is 5.17. The molecule has 5 rings (SSSR count). The standard InChI is InChI=1S/C24H25ClF5N3O4/c25-14-3-1-2-13(9-14)24(29,30)22(37)33-15-4-5-16(23(27,28)10-15)19(33)21(36)32-17(18(34)11-26)8-12-6-7-31-20(12)35/h1-3,9,12,15-17,19H,4-8,10-11H2,(H,31,35)(H,32,36)/t12-,15-,16-,17+,19-/m1/s1. The van der Waals surface area contributed by atoms with Gasteiger partial charge in [0.1, 0.15) is 12.7 Å². The molecule has 0 radical (unpaired) electrons. The molecule has 2 N–H and O–H groups in total. The average molecular weight is 550 g/mol. The predicted molar refractivity (Wildman–Crippen MR) is 121 cm³/mol. The lowest BCUT2D eigenvalue weighted by molar-refractivity contribution is -0.207. The van der Waals surface area contributed by atoms with Crippen LogP contribution in [0.5, 0.6) is 0 Å². The van der Waals surface area contributed by atoms with Crippen molar-refractivity contribution in [1.29, 1.82) is 0 Å². The molecule has 1 aromatic carbocycles. The Hall–Kier alpha value is -2.76. The molecule has 13 heteroatoms. The number of benzene rings is 1. The van der Waals surface area contributed by atoms with E-state index in [4.69, 9.17) is 11.6 Å². The van der Waals surface area contributed by atoms with Gasteiger partial charge in [0.05, 0.1) is 12.0 Å². The number of hydrogen-bond donors (Lipinski definition) is 2. The van der Waals surface area contributed by atoms with Crippen LogP contribution in [0, 0.1) is 11.8 Å². The Kier molecular flexibility index (Phi) is 7.51. The second kappa shape index (κ2) is 10.2. The van der Waals surface area contributed by atoms with Gasteiger partial charge >= 0.3 is 5.92 Å². The van der Waals surface area contributed by atoms with E-state index in [1.807, 2.05) is 0 Å². The van der Waals surface area contributed by atoms with Gasteiger partial charge in [-0.3, -0.25) is 19.2 Å².